The molecule has 4 nitrogen and oxygen atoms in total. The van der Waals surface area contributed by atoms with Crippen molar-refractivity contribution in [2.24, 2.45) is 11.3 Å². The summed E-state index contributed by atoms with van der Waals surface area (Å²) in [5.74, 6) is 0.141. The number of carbonyl (C=O) groups is 1. The maximum Gasteiger partial charge on any atom is 0.220 e. The molecular weight excluding hydrogens is 276 g/mol. The molecule has 1 aliphatic rings. The lowest BCUT2D eigenvalue weighted by Gasteiger charge is -2.33. The summed E-state index contributed by atoms with van der Waals surface area (Å²) in [6.07, 6.45) is 9.13. The van der Waals surface area contributed by atoms with Crippen LogP contribution in [0.15, 0.2) is 24.4 Å². The first-order chi connectivity index (χ1) is 10.6. The van der Waals surface area contributed by atoms with E-state index < -0.39 is 0 Å². The molecule has 1 heterocycles. The molecule has 122 valence electrons. The molecule has 1 atom stereocenters. The predicted octanol–water partition coefficient (Wildman–Crippen LogP) is 2.71. The fraction of sp³-hybridized carbons (Fsp3) is 0.667. The van der Waals surface area contributed by atoms with Gasteiger partial charge in [-0.3, -0.25) is 9.78 Å². The van der Waals surface area contributed by atoms with Gasteiger partial charge in [0.1, 0.15) is 0 Å². The van der Waals surface area contributed by atoms with E-state index >= 15 is 0 Å². The third kappa shape index (κ3) is 5.41. The number of hydrogen-bond acceptors (Lipinski definition) is 3. The van der Waals surface area contributed by atoms with Gasteiger partial charge in [0.25, 0.3) is 0 Å². The molecule has 0 saturated heterocycles. The molecule has 1 aromatic rings. The Morgan fingerprint density at radius 2 is 2.14 bits per heavy atom. The molecule has 0 radical (unpaired) electrons. The first-order valence-electron chi connectivity index (χ1n) is 8.39. The summed E-state index contributed by atoms with van der Waals surface area (Å²) in [6.45, 7) is 2.80. The van der Waals surface area contributed by atoms with Crippen molar-refractivity contribution in [1.82, 2.24) is 10.3 Å². The van der Waals surface area contributed by atoms with Crippen LogP contribution in [0.5, 0.6) is 0 Å². The lowest BCUT2D eigenvalue weighted by atomic mass is 9.73. The predicted molar refractivity (Wildman–Crippen MR) is 87.3 cm³/mol. The summed E-state index contributed by atoms with van der Waals surface area (Å²) in [7, 11) is 0. The molecule has 0 aliphatic heterocycles. The van der Waals surface area contributed by atoms with E-state index in [1.807, 2.05) is 18.2 Å². The van der Waals surface area contributed by atoms with Crippen molar-refractivity contribution < 1.29 is 9.90 Å². The molecule has 0 spiro atoms. The molecule has 1 fully saturated rings. The summed E-state index contributed by atoms with van der Waals surface area (Å²) in [5.41, 5.74) is 1.12. The third-order valence-corrected chi connectivity index (χ3v) is 4.72. The van der Waals surface area contributed by atoms with Gasteiger partial charge in [-0.1, -0.05) is 32.3 Å². The minimum Gasteiger partial charge on any atom is -0.396 e. The van der Waals surface area contributed by atoms with Crippen LogP contribution < -0.4 is 5.32 Å². The SMILES string of the molecule is CC1(CC(=O)NCC(CO)Cc2ccccn2)CCCCC1. The summed E-state index contributed by atoms with van der Waals surface area (Å²) in [6, 6.07) is 5.77. The van der Waals surface area contributed by atoms with Crippen LogP contribution in [0.4, 0.5) is 0 Å². The van der Waals surface area contributed by atoms with E-state index in [-0.39, 0.29) is 23.8 Å². The van der Waals surface area contributed by atoms with Crippen molar-refractivity contribution in [3.8, 4) is 0 Å². The van der Waals surface area contributed by atoms with Crippen molar-refractivity contribution in [3.63, 3.8) is 0 Å². The summed E-state index contributed by atoms with van der Waals surface area (Å²) in [5, 5.41) is 12.5. The molecule has 1 aliphatic carbocycles. The molecule has 4 heteroatoms. The van der Waals surface area contributed by atoms with Crippen LogP contribution in [-0.2, 0) is 11.2 Å². The number of amides is 1. The highest BCUT2D eigenvalue weighted by Crippen LogP contribution is 2.38. The van der Waals surface area contributed by atoms with Gasteiger partial charge in [0, 0.05) is 37.4 Å². The number of nitrogens with one attached hydrogen (secondary N) is 1. The van der Waals surface area contributed by atoms with Gasteiger partial charge in [0.2, 0.25) is 5.91 Å². The van der Waals surface area contributed by atoms with Crippen LogP contribution in [0, 0.1) is 11.3 Å². The van der Waals surface area contributed by atoms with Crippen LogP contribution in [-0.4, -0.2) is 29.1 Å². The number of nitrogens with zero attached hydrogens (tertiary/aromatic N) is 1. The van der Waals surface area contributed by atoms with E-state index in [0.717, 1.165) is 18.5 Å². The second kappa shape index (κ2) is 8.28. The molecular formula is C18H28N2O2. The number of hydrogen-bond donors (Lipinski definition) is 2. The van der Waals surface area contributed by atoms with Crippen LogP contribution in [0.2, 0.25) is 0 Å². The zero-order valence-corrected chi connectivity index (χ0v) is 13.6. The van der Waals surface area contributed by atoms with Gasteiger partial charge >= 0.3 is 0 Å². The maximum absolute atomic E-state index is 12.2. The number of aliphatic hydroxyl groups excluding tert-OH is 1. The molecule has 1 unspecified atom stereocenters. The Balaban J connectivity index is 1.76. The first-order valence-corrected chi connectivity index (χ1v) is 8.39. The van der Waals surface area contributed by atoms with Gasteiger partial charge in [-0.15, -0.1) is 0 Å². The van der Waals surface area contributed by atoms with Crippen LogP contribution in [0.3, 0.4) is 0 Å². The fourth-order valence-corrected chi connectivity index (χ4v) is 3.31. The molecule has 0 aromatic carbocycles. The molecule has 0 bridgehead atoms. The molecule has 1 amide bonds. The van der Waals surface area contributed by atoms with Gasteiger partial charge in [-0.05, 0) is 36.8 Å². The summed E-state index contributed by atoms with van der Waals surface area (Å²) < 4.78 is 0. The molecule has 1 saturated carbocycles. The Morgan fingerprint density at radius 1 is 1.36 bits per heavy atom. The summed E-state index contributed by atoms with van der Waals surface area (Å²) >= 11 is 0. The zero-order chi connectivity index (χ0) is 15.8. The maximum atomic E-state index is 12.2. The van der Waals surface area contributed by atoms with Crippen molar-refractivity contribution in [1.29, 1.82) is 0 Å². The van der Waals surface area contributed by atoms with Gasteiger partial charge < -0.3 is 10.4 Å². The van der Waals surface area contributed by atoms with Crippen molar-refractivity contribution in [2.75, 3.05) is 13.2 Å². The first kappa shape index (κ1) is 16.9. The Morgan fingerprint density at radius 3 is 2.77 bits per heavy atom. The normalized spacial score (nSPS) is 18.6. The largest absolute Gasteiger partial charge is 0.396 e. The lowest BCUT2D eigenvalue weighted by Crippen LogP contribution is -2.35. The van der Waals surface area contributed by atoms with Crippen molar-refractivity contribution in [2.45, 2.75) is 51.9 Å². The number of rotatable bonds is 7. The Bertz CT molecular complexity index is 455. The topological polar surface area (TPSA) is 62.2 Å². The highest BCUT2D eigenvalue weighted by atomic mass is 16.3. The minimum atomic E-state index is 0.0259. The van der Waals surface area contributed by atoms with Gasteiger partial charge in [0.15, 0.2) is 0 Å². The van der Waals surface area contributed by atoms with E-state index in [1.54, 1.807) is 6.20 Å². The standard InChI is InChI=1S/C18H28N2O2/c1-18(8-4-2-5-9-18)12-17(22)20-13-15(14-21)11-16-7-3-6-10-19-16/h3,6-7,10,15,21H,2,4-5,8-9,11-14H2,1H3,(H,20,22). The monoisotopic (exact) mass is 304 g/mol. The van der Waals surface area contributed by atoms with Crippen molar-refractivity contribution in [3.05, 3.63) is 30.1 Å². The number of carbonyl (C=O) groups excluding carboxylic acids is 1. The average Bonchev–Trinajstić information content (AvgIpc) is 2.52. The Kier molecular flexibility index (Phi) is 6.37. The molecule has 2 rings (SSSR count). The van der Waals surface area contributed by atoms with E-state index in [4.69, 9.17) is 0 Å². The van der Waals surface area contributed by atoms with E-state index in [1.165, 1.54) is 19.3 Å². The van der Waals surface area contributed by atoms with Gasteiger partial charge in [-0.25, -0.2) is 0 Å². The second-order valence-corrected chi connectivity index (χ2v) is 6.93. The van der Waals surface area contributed by atoms with Crippen LogP contribution in [0.1, 0.15) is 51.1 Å². The number of aromatic nitrogens is 1. The summed E-state index contributed by atoms with van der Waals surface area (Å²) in [4.78, 5) is 16.5. The fourth-order valence-electron chi connectivity index (χ4n) is 3.31. The third-order valence-electron chi connectivity index (χ3n) is 4.72. The second-order valence-electron chi connectivity index (χ2n) is 6.93. The Labute approximate surface area is 133 Å². The number of pyridine rings is 1. The quantitative estimate of drug-likeness (QED) is 0.814. The van der Waals surface area contributed by atoms with Crippen molar-refractivity contribution >= 4 is 5.91 Å². The highest BCUT2D eigenvalue weighted by Gasteiger charge is 2.29. The minimum absolute atomic E-state index is 0.0259. The highest BCUT2D eigenvalue weighted by molar-refractivity contribution is 5.76. The Hall–Kier alpha value is -1.42. The average molecular weight is 304 g/mol. The smallest absolute Gasteiger partial charge is 0.220 e. The lowest BCUT2D eigenvalue weighted by molar-refractivity contribution is -0.123. The molecule has 2 N–H and O–H groups in total. The molecule has 1 aromatic heterocycles. The zero-order valence-electron chi connectivity index (χ0n) is 13.6. The van der Waals surface area contributed by atoms with Gasteiger partial charge in [-0.2, -0.15) is 0 Å². The van der Waals surface area contributed by atoms with E-state index in [9.17, 15) is 9.90 Å². The number of aliphatic hydroxyl groups is 1. The van der Waals surface area contributed by atoms with Crippen LogP contribution >= 0.6 is 0 Å². The van der Waals surface area contributed by atoms with Gasteiger partial charge in [0.05, 0.1) is 0 Å². The van der Waals surface area contributed by atoms with E-state index in [2.05, 4.69) is 17.2 Å². The van der Waals surface area contributed by atoms with Crippen LogP contribution in [0.25, 0.3) is 0 Å². The molecule has 22 heavy (non-hydrogen) atoms. The van der Waals surface area contributed by atoms with E-state index in [0.29, 0.717) is 19.4 Å².